The minimum Gasteiger partial charge on any atom is -0.326 e. The molecule has 0 spiro atoms. The van der Waals surface area contributed by atoms with Gasteiger partial charge in [-0.3, -0.25) is 0 Å². The van der Waals surface area contributed by atoms with Gasteiger partial charge >= 0.3 is 0 Å². The number of hydrogen-bond donors (Lipinski definition) is 1. The summed E-state index contributed by atoms with van der Waals surface area (Å²) in [5.41, 5.74) is 13.2. The molecular weight excluding hydrogens is 242 g/mol. The summed E-state index contributed by atoms with van der Waals surface area (Å²) in [4.78, 5) is 0. The molecule has 2 heteroatoms. The molecule has 0 fully saturated rings. The largest absolute Gasteiger partial charge is 0.326 e. The van der Waals surface area contributed by atoms with Gasteiger partial charge in [-0.25, -0.2) is 0 Å². The summed E-state index contributed by atoms with van der Waals surface area (Å²) in [6, 6.07) is 10.3. The molecule has 0 aromatic heterocycles. The fourth-order valence-corrected chi connectivity index (χ4v) is 2.40. The van der Waals surface area contributed by atoms with Crippen LogP contribution >= 0.6 is 11.6 Å². The molecule has 0 aliphatic carbocycles. The third-order valence-electron chi connectivity index (χ3n) is 3.42. The average molecular weight is 260 g/mol. The normalized spacial score (nSPS) is 10.7. The van der Waals surface area contributed by atoms with Crippen molar-refractivity contribution in [1.82, 2.24) is 0 Å². The molecule has 18 heavy (non-hydrogen) atoms. The monoisotopic (exact) mass is 259 g/mol. The molecule has 0 atom stereocenters. The first-order valence-electron chi connectivity index (χ1n) is 6.09. The van der Waals surface area contributed by atoms with Crippen molar-refractivity contribution in [2.24, 2.45) is 5.73 Å². The Kier molecular flexibility index (Phi) is 3.74. The second-order valence-corrected chi connectivity index (χ2v) is 5.19. The summed E-state index contributed by atoms with van der Waals surface area (Å²) in [6.45, 7) is 6.92. The van der Waals surface area contributed by atoms with E-state index in [1.165, 1.54) is 22.3 Å². The molecule has 2 rings (SSSR count). The quantitative estimate of drug-likeness (QED) is 0.850. The Morgan fingerprint density at radius 2 is 1.56 bits per heavy atom. The van der Waals surface area contributed by atoms with Gasteiger partial charge in [-0.15, -0.1) is 0 Å². The van der Waals surface area contributed by atoms with Crippen LogP contribution in [-0.2, 0) is 6.54 Å². The van der Waals surface area contributed by atoms with Gasteiger partial charge in [0, 0.05) is 11.6 Å². The van der Waals surface area contributed by atoms with Crippen LogP contribution < -0.4 is 5.73 Å². The van der Waals surface area contributed by atoms with Crippen molar-refractivity contribution in [3.05, 3.63) is 57.6 Å². The smallest absolute Gasteiger partial charge is 0.0412 e. The molecule has 0 saturated heterocycles. The summed E-state index contributed by atoms with van der Waals surface area (Å²) in [5, 5.41) is 0.750. The van der Waals surface area contributed by atoms with Crippen molar-refractivity contribution in [2.75, 3.05) is 0 Å². The van der Waals surface area contributed by atoms with Crippen molar-refractivity contribution in [2.45, 2.75) is 27.3 Å². The predicted molar refractivity (Wildman–Crippen MR) is 79.0 cm³/mol. The van der Waals surface area contributed by atoms with E-state index in [0.717, 1.165) is 16.1 Å². The molecule has 2 N–H and O–H groups in total. The second-order valence-electron chi connectivity index (χ2n) is 4.76. The van der Waals surface area contributed by atoms with E-state index in [0.29, 0.717) is 6.54 Å². The number of rotatable bonds is 2. The number of hydrogen-bond acceptors (Lipinski definition) is 1. The van der Waals surface area contributed by atoms with Crippen LogP contribution in [0.2, 0.25) is 5.02 Å². The van der Waals surface area contributed by atoms with E-state index < -0.39 is 0 Å². The van der Waals surface area contributed by atoms with Crippen LogP contribution in [0.1, 0.15) is 22.3 Å². The van der Waals surface area contributed by atoms with Gasteiger partial charge < -0.3 is 5.73 Å². The lowest BCUT2D eigenvalue weighted by molar-refractivity contribution is 1.07. The molecule has 0 radical (unpaired) electrons. The van der Waals surface area contributed by atoms with Crippen LogP contribution in [0.3, 0.4) is 0 Å². The lowest BCUT2D eigenvalue weighted by Crippen LogP contribution is -2.00. The Morgan fingerprint density at radius 3 is 2.22 bits per heavy atom. The molecule has 1 nitrogen and oxygen atoms in total. The predicted octanol–water partition coefficient (Wildman–Crippen LogP) is 4.39. The minimum atomic E-state index is 0.527. The maximum atomic E-state index is 6.11. The van der Waals surface area contributed by atoms with Crippen LogP contribution in [0.4, 0.5) is 0 Å². The van der Waals surface area contributed by atoms with Crippen LogP contribution in [0.25, 0.3) is 11.1 Å². The van der Waals surface area contributed by atoms with Crippen molar-refractivity contribution in [1.29, 1.82) is 0 Å². The lowest BCUT2D eigenvalue weighted by atomic mass is 9.92. The van der Waals surface area contributed by atoms with E-state index >= 15 is 0 Å². The highest BCUT2D eigenvalue weighted by molar-refractivity contribution is 6.30. The first-order chi connectivity index (χ1) is 8.52. The van der Waals surface area contributed by atoms with Gasteiger partial charge in [-0.05, 0) is 66.3 Å². The summed E-state index contributed by atoms with van der Waals surface area (Å²) in [6.07, 6.45) is 0. The molecule has 0 unspecified atom stereocenters. The van der Waals surface area contributed by atoms with Crippen molar-refractivity contribution >= 4 is 11.6 Å². The van der Waals surface area contributed by atoms with E-state index in [9.17, 15) is 0 Å². The van der Waals surface area contributed by atoms with E-state index in [1.807, 2.05) is 18.2 Å². The van der Waals surface area contributed by atoms with E-state index in [2.05, 4.69) is 32.9 Å². The molecule has 0 bridgehead atoms. The Morgan fingerprint density at radius 1 is 0.889 bits per heavy atom. The van der Waals surface area contributed by atoms with Gasteiger partial charge in [-0.2, -0.15) is 0 Å². The molecule has 94 valence electrons. The Labute approximate surface area is 114 Å². The number of halogens is 1. The van der Waals surface area contributed by atoms with Gasteiger partial charge in [0.05, 0.1) is 0 Å². The Hall–Kier alpha value is -1.31. The Bertz CT molecular complexity index is 588. The maximum Gasteiger partial charge on any atom is 0.0412 e. The van der Waals surface area contributed by atoms with E-state index in [-0.39, 0.29) is 0 Å². The molecule has 0 heterocycles. The topological polar surface area (TPSA) is 26.0 Å². The maximum absolute atomic E-state index is 6.11. The van der Waals surface area contributed by atoms with Gasteiger partial charge in [0.15, 0.2) is 0 Å². The average Bonchev–Trinajstić information content (AvgIpc) is 2.34. The van der Waals surface area contributed by atoms with E-state index in [4.69, 9.17) is 17.3 Å². The third kappa shape index (κ3) is 2.43. The van der Waals surface area contributed by atoms with Crippen molar-refractivity contribution in [3.8, 4) is 11.1 Å². The number of nitrogens with two attached hydrogens (primary N) is 1. The highest BCUT2D eigenvalue weighted by atomic mass is 35.5. The summed E-state index contributed by atoms with van der Waals surface area (Å²) in [7, 11) is 0. The summed E-state index contributed by atoms with van der Waals surface area (Å²) >= 11 is 6.11. The van der Waals surface area contributed by atoms with Crippen LogP contribution in [0.5, 0.6) is 0 Å². The van der Waals surface area contributed by atoms with Gasteiger partial charge in [0.25, 0.3) is 0 Å². The fraction of sp³-hybridized carbons (Fsp3) is 0.250. The molecule has 0 saturated carbocycles. The Balaban J connectivity index is 2.68. The van der Waals surface area contributed by atoms with E-state index in [1.54, 1.807) is 0 Å². The molecular formula is C16H18ClN. The zero-order valence-electron chi connectivity index (χ0n) is 11.0. The van der Waals surface area contributed by atoms with Crippen LogP contribution in [0, 0.1) is 20.8 Å². The molecule has 0 aliphatic heterocycles. The van der Waals surface area contributed by atoms with Crippen LogP contribution in [0.15, 0.2) is 30.3 Å². The lowest BCUT2D eigenvalue weighted by Gasteiger charge is -2.14. The van der Waals surface area contributed by atoms with Crippen molar-refractivity contribution in [3.63, 3.8) is 0 Å². The fourth-order valence-electron chi connectivity index (χ4n) is 2.23. The van der Waals surface area contributed by atoms with Gasteiger partial charge in [-0.1, -0.05) is 29.8 Å². The first-order valence-corrected chi connectivity index (χ1v) is 6.47. The zero-order valence-corrected chi connectivity index (χ0v) is 11.8. The number of aryl methyl sites for hydroxylation is 3. The molecule has 0 aliphatic rings. The minimum absolute atomic E-state index is 0.527. The standard InChI is InChI=1S/C16H18ClN/c1-10-6-12(3)15(7-11(10)2)16-8-14(17)5-4-13(16)9-18/h4-8H,9,18H2,1-3H3. The SMILES string of the molecule is Cc1cc(C)c(-c2cc(Cl)ccc2CN)cc1C. The highest BCUT2D eigenvalue weighted by Gasteiger charge is 2.09. The molecule has 2 aromatic rings. The number of benzene rings is 2. The van der Waals surface area contributed by atoms with Crippen LogP contribution in [-0.4, -0.2) is 0 Å². The van der Waals surface area contributed by atoms with Gasteiger partial charge in [0.2, 0.25) is 0 Å². The highest BCUT2D eigenvalue weighted by Crippen LogP contribution is 2.31. The van der Waals surface area contributed by atoms with Crippen molar-refractivity contribution < 1.29 is 0 Å². The second kappa shape index (κ2) is 5.13. The summed E-state index contributed by atoms with van der Waals surface area (Å²) in [5.74, 6) is 0. The first kappa shape index (κ1) is 13.1. The molecule has 2 aromatic carbocycles. The third-order valence-corrected chi connectivity index (χ3v) is 3.66. The zero-order chi connectivity index (χ0) is 13.3. The van der Waals surface area contributed by atoms with Gasteiger partial charge in [0.1, 0.15) is 0 Å². The molecule has 0 amide bonds. The summed E-state index contributed by atoms with van der Waals surface area (Å²) < 4.78 is 0.